The molecule has 0 saturated heterocycles. The molecule has 0 heterocycles. The van der Waals surface area contributed by atoms with Crippen LogP contribution in [0.2, 0.25) is 0 Å². The summed E-state index contributed by atoms with van der Waals surface area (Å²) in [7, 11) is 0. The van der Waals surface area contributed by atoms with E-state index in [9.17, 15) is 4.79 Å². The number of Topliss-reactive ketones (excluding diaryl/α,β-unsaturated/α-hetero) is 1. The van der Waals surface area contributed by atoms with E-state index in [4.69, 9.17) is 0 Å². The Balaban J connectivity index is 2.00. The molecule has 2 saturated carbocycles. The molecule has 0 radical (unpaired) electrons. The molecule has 1 nitrogen and oxygen atoms in total. The lowest BCUT2D eigenvalue weighted by Gasteiger charge is -2.24. The molecule has 3 aliphatic carbocycles. The van der Waals surface area contributed by atoms with Crippen molar-refractivity contribution in [2.75, 3.05) is 0 Å². The van der Waals surface area contributed by atoms with Crippen LogP contribution in [0.3, 0.4) is 0 Å². The number of hydrogen-bond acceptors (Lipinski definition) is 1. The van der Waals surface area contributed by atoms with E-state index in [1.807, 2.05) is 0 Å². The maximum Gasteiger partial charge on any atom is 0.161 e. The lowest BCUT2D eigenvalue weighted by Crippen LogP contribution is -2.16. The molecule has 0 spiro atoms. The number of carbonyl (C=O) groups excluding carboxylic acids is 1. The molecule has 1 heteroatoms. The third-order valence-corrected chi connectivity index (χ3v) is 4.16. The maximum absolute atomic E-state index is 11.8. The van der Waals surface area contributed by atoms with Gasteiger partial charge in [0.05, 0.1) is 0 Å². The molecule has 3 atom stereocenters. The number of rotatable bonds is 0. The van der Waals surface area contributed by atoms with Gasteiger partial charge in [-0.15, -0.1) is 0 Å². The first-order chi connectivity index (χ1) is 6.77. The molecule has 3 unspecified atom stereocenters. The van der Waals surface area contributed by atoms with Gasteiger partial charge in [-0.25, -0.2) is 0 Å². The molecule has 14 heavy (non-hydrogen) atoms. The zero-order valence-corrected chi connectivity index (χ0v) is 8.62. The summed E-state index contributed by atoms with van der Waals surface area (Å²) < 4.78 is 0. The minimum atomic E-state index is 0.277. The predicted molar refractivity (Wildman–Crippen MR) is 55.8 cm³/mol. The van der Waals surface area contributed by atoms with Gasteiger partial charge in [-0.3, -0.25) is 4.79 Å². The molecule has 0 aromatic heterocycles. The van der Waals surface area contributed by atoms with Crippen LogP contribution in [0.15, 0.2) is 23.3 Å². The Hall–Kier alpha value is -0.850. The van der Waals surface area contributed by atoms with E-state index in [-0.39, 0.29) is 5.92 Å². The van der Waals surface area contributed by atoms with Gasteiger partial charge >= 0.3 is 0 Å². The molecular weight excluding hydrogens is 172 g/mol. The highest BCUT2D eigenvalue weighted by molar-refractivity contribution is 6.00. The lowest BCUT2D eigenvalue weighted by atomic mass is 9.80. The normalized spacial score (nSPS) is 40.4. The van der Waals surface area contributed by atoms with E-state index in [2.05, 4.69) is 19.1 Å². The van der Waals surface area contributed by atoms with Gasteiger partial charge in [-0.1, -0.05) is 24.6 Å². The van der Waals surface area contributed by atoms with Crippen molar-refractivity contribution in [3.05, 3.63) is 23.3 Å². The van der Waals surface area contributed by atoms with Crippen LogP contribution in [0.4, 0.5) is 0 Å². The Morgan fingerprint density at radius 3 is 3.00 bits per heavy atom. The van der Waals surface area contributed by atoms with Gasteiger partial charge in [0.2, 0.25) is 0 Å². The maximum atomic E-state index is 11.8. The average molecular weight is 188 g/mol. The van der Waals surface area contributed by atoms with Crippen LogP contribution >= 0.6 is 0 Å². The summed E-state index contributed by atoms with van der Waals surface area (Å²) in [5, 5.41) is 0. The van der Waals surface area contributed by atoms with E-state index >= 15 is 0 Å². The third kappa shape index (κ3) is 0.985. The van der Waals surface area contributed by atoms with Crippen molar-refractivity contribution in [1.82, 2.24) is 0 Å². The second-order valence-electron chi connectivity index (χ2n) is 4.97. The fourth-order valence-electron chi connectivity index (χ4n) is 3.43. The molecular formula is C13H16O. The van der Waals surface area contributed by atoms with Crippen LogP contribution in [-0.2, 0) is 4.79 Å². The summed E-state index contributed by atoms with van der Waals surface area (Å²) in [6.45, 7) is 2.08. The highest BCUT2D eigenvalue weighted by Gasteiger charge is 2.42. The van der Waals surface area contributed by atoms with Crippen LogP contribution in [0, 0.1) is 17.8 Å². The molecule has 0 N–H and O–H groups in total. The van der Waals surface area contributed by atoms with E-state index in [1.54, 1.807) is 5.57 Å². The summed E-state index contributed by atoms with van der Waals surface area (Å²) in [6, 6.07) is 0. The molecule has 0 aliphatic heterocycles. The van der Waals surface area contributed by atoms with Crippen molar-refractivity contribution in [3.8, 4) is 0 Å². The first-order valence-corrected chi connectivity index (χ1v) is 5.72. The standard InChI is InChI=1S/C13H16O/c1-8-7-12-10-4-2-3-9(10)5-6-11(12)13(8)14/h5-6,8,10,12H,2-4,7H2,1H3. The molecule has 0 aromatic rings. The summed E-state index contributed by atoms with van der Waals surface area (Å²) in [4.78, 5) is 11.8. The van der Waals surface area contributed by atoms with Gasteiger partial charge < -0.3 is 0 Å². The Labute approximate surface area is 84.9 Å². The number of allylic oxidation sites excluding steroid dienone is 4. The van der Waals surface area contributed by atoms with Crippen LogP contribution in [0.5, 0.6) is 0 Å². The van der Waals surface area contributed by atoms with E-state index in [1.165, 1.54) is 19.3 Å². The predicted octanol–water partition coefficient (Wildman–Crippen LogP) is 2.88. The van der Waals surface area contributed by atoms with Crippen molar-refractivity contribution in [1.29, 1.82) is 0 Å². The molecule has 2 fully saturated rings. The fourth-order valence-corrected chi connectivity index (χ4v) is 3.43. The largest absolute Gasteiger partial charge is 0.294 e. The smallest absolute Gasteiger partial charge is 0.161 e. The van der Waals surface area contributed by atoms with Crippen LogP contribution in [0.25, 0.3) is 0 Å². The second kappa shape index (κ2) is 2.82. The van der Waals surface area contributed by atoms with Crippen LogP contribution < -0.4 is 0 Å². The highest BCUT2D eigenvalue weighted by atomic mass is 16.1. The van der Waals surface area contributed by atoms with E-state index in [0.29, 0.717) is 11.7 Å². The van der Waals surface area contributed by atoms with Crippen LogP contribution in [0.1, 0.15) is 32.6 Å². The Bertz CT molecular complexity index is 348. The topological polar surface area (TPSA) is 17.1 Å². The van der Waals surface area contributed by atoms with Crippen molar-refractivity contribution < 1.29 is 4.79 Å². The van der Waals surface area contributed by atoms with Crippen LogP contribution in [-0.4, -0.2) is 5.78 Å². The summed E-state index contributed by atoms with van der Waals surface area (Å²) in [5.41, 5.74) is 2.74. The first-order valence-electron chi connectivity index (χ1n) is 5.72. The summed E-state index contributed by atoms with van der Waals surface area (Å²) in [5.74, 6) is 2.00. The molecule has 3 rings (SSSR count). The average Bonchev–Trinajstić information content (AvgIpc) is 2.73. The Morgan fingerprint density at radius 1 is 1.29 bits per heavy atom. The van der Waals surface area contributed by atoms with Gasteiger partial charge in [0, 0.05) is 5.92 Å². The molecule has 74 valence electrons. The molecule has 3 aliphatic rings. The Morgan fingerprint density at radius 2 is 2.14 bits per heavy atom. The minimum Gasteiger partial charge on any atom is -0.294 e. The minimum absolute atomic E-state index is 0.277. The van der Waals surface area contributed by atoms with Gasteiger partial charge in [-0.05, 0) is 43.1 Å². The Kier molecular flexibility index (Phi) is 1.70. The van der Waals surface area contributed by atoms with E-state index < -0.39 is 0 Å². The molecule has 0 bridgehead atoms. The highest BCUT2D eigenvalue weighted by Crippen LogP contribution is 2.48. The van der Waals surface area contributed by atoms with Crippen molar-refractivity contribution in [2.24, 2.45) is 17.8 Å². The van der Waals surface area contributed by atoms with Gasteiger partial charge in [0.25, 0.3) is 0 Å². The van der Waals surface area contributed by atoms with Crippen molar-refractivity contribution in [2.45, 2.75) is 32.6 Å². The molecule has 0 amide bonds. The summed E-state index contributed by atoms with van der Waals surface area (Å²) >= 11 is 0. The monoisotopic (exact) mass is 188 g/mol. The zero-order chi connectivity index (χ0) is 9.71. The zero-order valence-electron chi connectivity index (χ0n) is 8.62. The van der Waals surface area contributed by atoms with Crippen molar-refractivity contribution >= 4 is 5.78 Å². The van der Waals surface area contributed by atoms with Gasteiger partial charge in [0.1, 0.15) is 0 Å². The number of carbonyl (C=O) groups is 1. The summed E-state index contributed by atoms with van der Waals surface area (Å²) in [6.07, 6.45) is 9.35. The number of hydrogen-bond donors (Lipinski definition) is 0. The fraction of sp³-hybridized carbons (Fsp3) is 0.615. The quantitative estimate of drug-likeness (QED) is 0.571. The number of ketones is 1. The third-order valence-electron chi connectivity index (χ3n) is 4.16. The SMILES string of the molecule is CC1CC2C(=CC=C3CCCC32)C1=O. The first kappa shape index (κ1) is 8.46. The van der Waals surface area contributed by atoms with Gasteiger partial charge in [0.15, 0.2) is 5.78 Å². The lowest BCUT2D eigenvalue weighted by molar-refractivity contribution is -0.117. The second-order valence-corrected chi connectivity index (χ2v) is 4.97. The number of fused-ring (bicyclic) bond motifs is 3. The van der Waals surface area contributed by atoms with Gasteiger partial charge in [-0.2, -0.15) is 0 Å². The molecule has 0 aromatic carbocycles. The van der Waals surface area contributed by atoms with Crippen molar-refractivity contribution in [3.63, 3.8) is 0 Å². The van der Waals surface area contributed by atoms with E-state index in [0.717, 1.165) is 17.9 Å².